The number of ether oxygens (including phenoxy) is 1. The van der Waals surface area contributed by atoms with E-state index in [0.717, 1.165) is 50.9 Å². The standard InChI is InChI=1S/C25H31F3N4O2.C4H4O4/c26-25(27,28)22-7-4-8-23(19-22)31-15-11-29(12-16-31)9-10-30-13-17-32(18-14-30)24(33)34-20-21-5-2-1-3-6-21;5-3(6)1-2-4(7)8/h1-8,19H,9-18,20H2;1-2H,(H,5,6)(H,7,8)/p-2. The number of amides is 1. The first-order valence-corrected chi connectivity index (χ1v) is 13.4. The largest absolute Gasteiger partial charge is 0.545 e. The summed E-state index contributed by atoms with van der Waals surface area (Å²) in [5.74, 6) is -3.09. The van der Waals surface area contributed by atoms with E-state index in [9.17, 15) is 37.8 Å². The van der Waals surface area contributed by atoms with E-state index in [0.29, 0.717) is 44.0 Å². The van der Waals surface area contributed by atoms with Crippen LogP contribution in [0.2, 0.25) is 0 Å². The van der Waals surface area contributed by atoms with Crippen LogP contribution in [0, 0.1) is 0 Å². The average molecular weight is 591 g/mol. The molecule has 2 saturated heterocycles. The Morgan fingerprint density at radius 2 is 1.31 bits per heavy atom. The molecular formula is C29H33F3N4O6-2. The first-order valence-electron chi connectivity index (χ1n) is 13.4. The highest BCUT2D eigenvalue weighted by atomic mass is 19.4. The summed E-state index contributed by atoms with van der Waals surface area (Å²) in [7, 11) is 0. The Hall–Kier alpha value is -4.10. The van der Waals surface area contributed by atoms with Gasteiger partial charge in [0, 0.05) is 71.1 Å². The number of nitrogens with zero attached hydrogens (tertiary/aromatic N) is 4. The van der Waals surface area contributed by atoms with Gasteiger partial charge in [-0.2, -0.15) is 13.2 Å². The van der Waals surface area contributed by atoms with Crippen LogP contribution in [0.25, 0.3) is 0 Å². The van der Waals surface area contributed by atoms with Crippen LogP contribution >= 0.6 is 0 Å². The van der Waals surface area contributed by atoms with Crippen LogP contribution in [0.1, 0.15) is 11.1 Å². The third-order valence-corrected chi connectivity index (χ3v) is 6.83. The van der Waals surface area contributed by atoms with Crippen molar-refractivity contribution in [2.24, 2.45) is 0 Å². The molecule has 2 aliphatic heterocycles. The Balaban J connectivity index is 0.000000531. The van der Waals surface area contributed by atoms with Gasteiger partial charge in [-0.05, 0) is 35.9 Å². The molecule has 2 fully saturated rings. The summed E-state index contributed by atoms with van der Waals surface area (Å²) >= 11 is 0. The van der Waals surface area contributed by atoms with E-state index in [1.165, 1.54) is 12.1 Å². The van der Waals surface area contributed by atoms with Gasteiger partial charge >= 0.3 is 12.3 Å². The molecule has 0 saturated carbocycles. The first-order chi connectivity index (χ1) is 20.0. The second-order valence-corrected chi connectivity index (χ2v) is 9.72. The molecule has 1 amide bonds. The normalized spacial score (nSPS) is 16.5. The van der Waals surface area contributed by atoms with Crippen molar-refractivity contribution in [3.05, 3.63) is 77.9 Å². The number of hydrogen-bond acceptors (Lipinski definition) is 9. The highest BCUT2D eigenvalue weighted by Crippen LogP contribution is 2.31. The number of rotatable bonds is 8. The molecule has 0 aromatic heterocycles. The van der Waals surface area contributed by atoms with Crippen molar-refractivity contribution in [1.29, 1.82) is 0 Å². The summed E-state index contributed by atoms with van der Waals surface area (Å²) in [6.07, 6.45) is -3.82. The van der Waals surface area contributed by atoms with Crippen LogP contribution < -0.4 is 15.1 Å². The smallest absolute Gasteiger partial charge is 0.416 e. The molecule has 0 atom stereocenters. The van der Waals surface area contributed by atoms with Gasteiger partial charge in [0.25, 0.3) is 0 Å². The fourth-order valence-corrected chi connectivity index (χ4v) is 4.49. The zero-order valence-corrected chi connectivity index (χ0v) is 23.0. The number of aliphatic carboxylic acids is 2. The second-order valence-electron chi connectivity index (χ2n) is 9.72. The average Bonchev–Trinajstić information content (AvgIpc) is 2.99. The molecule has 42 heavy (non-hydrogen) atoms. The minimum absolute atomic E-state index is 0.269. The maximum absolute atomic E-state index is 13.0. The molecule has 0 aliphatic carbocycles. The lowest BCUT2D eigenvalue weighted by Crippen LogP contribution is -2.52. The number of hydrogen-bond donors (Lipinski definition) is 0. The Kier molecular flexibility index (Phi) is 12.2. The third-order valence-electron chi connectivity index (χ3n) is 6.83. The summed E-state index contributed by atoms with van der Waals surface area (Å²) in [5, 5.41) is 18.8. The molecule has 0 N–H and O–H groups in total. The van der Waals surface area contributed by atoms with Crippen molar-refractivity contribution in [2.75, 3.05) is 70.3 Å². The summed E-state index contributed by atoms with van der Waals surface area (Å²) < 4.78 is 44.4. The van der Waals surface area contributed by atoms with Crippen molar-refractivity contribution < 1.29 is 42.5 Å². The van der Waals surface area contributed by atoms with E-state index >= 15 is 0 Å². The molecule has 4 rings (SSSR count). The minimum atomic E-state index is -4.32. The number of benzene rings is 2. The van der Waals surface area contributed by atoms with Crippen LogP contribution in [-0.4, -0.2) is 98.2 Å². The van der Waals surface area contributed by atoms with Crippen molar-refractivity contribution in [3.63, 3.8) is 0 Å². The number of anilines is 1. The van der Waals surface area contributed by atoms with Gasteiger partial charge in [0.2, 0.25) is 0 Å². The lowest BCUT2D eigenvalue weighted by molar-refractivity contribution is -0.301. The van der Waals surface area contributed by atoms with E-state index < -0.39 is 23.7 Å². The van der Waals surface area contributed by atoms with Gasteiger partial charge < -0.3 is 34.3 Å². The zero-order valence-electron chi connectivity index (χ0n) is 23.0. The lowest BCUT2D eigenvalue weighted by Gasteiger charge is -2.38. The van der Waals surface area contributed by atoms with Crippen molar-refractivity contribution >= 4 is 23.7 Å². The number of piperazine rings is 2. The summed E-state index contributed by atoms with van der Waals surface area (Å²) in [6, 6.07) is 15.2. The van der Waals surface area contributed by atoms with Gasteiger partial charge in [-0.15, -0.1) is 0 Å². The highest BCUT2D eigenvalue weighted by Gasteiger charge is 2.31. The van der Waals surface area contributed by atoms with Crippen LogP contribution in [0.3, 0.4) is 0 Å². The molecule has 0 bridgehead atoms. The fourth-order valence-electron chi connectivity index (χ4n) is 4.49. The van der Waals surface area contributed by atoms with E-state index in [-0.39, 0.29) is 12.7 Å². The van der Waals surface area contributed by atoms with Crippen molar-refractivity contribution in [2.45, 2.75) is 12.8 Å². The second kappa shape index (κ2) is 15.8. The number of carboxylic acid groups (broad SMARTS) is 2. The summed E-state index contributed by atoms with van der Waals surface area (Å²) in [5.41, 5.74) is 1.00. The Morgan fingerprint density at radius 1 is 0.762 bits per heavy atom. The Labute approximate surface area is 242 Å². The molecular weight excluding hydrogens is 557 g/mol. The number of halogens is 3. The van der Waals surface area contributed by atoms with E-state index in [4.69, 9.17) is 4.74 Å². The molecule has 0 unspecified atom stereocenters. The quantitative estimate of drug-likeness (QED) is 0.412. The molecule has 10 nitrogen and oxygen atoms in total. The van der Waals surface area contributed by atoms with Crippen LogP contribution in [0.4, 0.5) is 23.7 Å². The predicted octanol–water partition coefficient (Wildman–Crippen LogP) is 0.824. The SMILES string of the molecule is O=C(OCc1ccccc1)N1CCN(CCN2CCN(c3cccc(C(F)(F)F)c3)CC2)CC1.O=C([O-])C=CC(=O)[O-]. The third kappa shape index (κ3) is 11.1. The van der Waals surface area contributed by atoms with E-state index in [1.807, 2.05) is 35.2 Å². The molecule has 0 spiro atoms. The van der Waals surface area contributed by atoms with Crippen molar-refractivity contribution in [1.82, 2.24) is 14.7 Å². The lowest BCUT2D eigenvalue weighted by atomic mass is 10.1. The van der Waals surface area contributed by atoms with Crippen LogP contribution in [0.5, 0.6) is 0 Å². The minimum Gasteiger partial charge on any atom is -0.545 e. The molecule has 2 aromatic carbocycles. The van der Waals surface area contributed by atoms with Crippen LogP contribution in [-0.2, 0) is 27.1 Å². The molecule has 0 radical (unpaired) electrons. The molecule has 2 aliphatic rings. The molecule has 228 valence electrons. The maximum atomic E-state index is 13.0. The molecule has 2 heterocycles. The summed E-state index contributed by atoms with van der Waals surface area (Å²) in [6.45, 7) is 8.09. The van der Waals surface area contributed by atoms with E-state index in [1.54, 1.807) is 11.0 Å². The van der Waals surface area contributed by atoms with Crippen LogP contribution in [0.15, 0.2) is 66.7 Å². The Bertz CT molecular complexity index is 1180. The number of carbonyl (C=O) groups excluding carboxylic acids is 3. The van der Waals surface area contributed by atoms with Gasteiger partial charge in [-0.3, -0.25) is 9.80 Å². The zero-order chi connectivity index (χ0) is 30.5. The topological polar surface area (TPSA) is 120 Å². The first kappa shape index (κ1) is 32.4. The number of carboxylic acids is 2. The molecule has 2 aromatic rings. The summed E-state index contributed by atoms with van der Waals surface area (Å²) in [4.78, 5) is 39.6. The highest BCUT2D eigenvalue weighted by molar-refractivity contribution is 5.87. The maximum Gasteiger partial charge on any atom is 0.416 e. The van der Waals surface area contributed by atoms with Gasteiger partial charge in [0.1, 0.15) is 6.61 Å². The Morgan fingerprint density at radius 3 is 1.83 bits per heavy atom. The monoisotopic (exact) mass is 590 g/mol. The van der Waals surface area contributed by atoms with Gasteiger partial charge in [-0.1, -0.05) is 36.4 Å². The number of alkyl halides is 3. The van der Waals surface area contributed by atoms with E-state index in [2.05, 4.69) is 9.80 Å². The van der Waals surface area contributed by atoms with Gasteiger partial charge in [-0.25, -0.2) is 4.79 Å². The number of carbonyl (C=O) groups is 3. The van der Waals surface area contributed by atoms with Crippen molar-refractivity contribution in [3.8, 4) is 0 Å². The fraction of sp³-hybridized carbons (Fsp3) is 0.414. The molecule has 13 heteroatoms. The van der Waals surface area contributed by atoms with Gasteiger partial charge in [0.05, 0.1) is 17.5 Å². The predicted molar refractivity (Wildman–Crippen MR) is 144 cm³/mol. The van der Waals surface area contributed by atoms with Gasteiger partial charge in [0.15, 0.2) is 0 Å².